The van der Waals surface area contributed by atoms with Crippen LogP contribution in [0.25, 0.3) is 0 Å². The highest BCUT2D eigenvalue weighted by Crippen LogP contribution is 2.25. The molecule has 0 saturated carbocycles. The van der Waals surface area contributed by atoms with Gasteiger partial charge in [0.2, 0.25) is 0 Å². The van der Waals surface area contributed by atoms with E-state index in [1.165, 1.54) is 6.07 Å². The zero-order chi connectivity index (χ0) is 13.1. The van der Waals surface area contributed by atoms with Crippen LogP contribution in [0.15, 0.2) is 18.2 Å². The van der Waals surface area contributed by atoms with Crippen LogP contribution in [0, 0.1) is 5.82 Å². The molecule has 2 nitrogen and oxygen atoms in total. The summed E-state index contributed by atoms with van der Waals surface area (Å²) in [4.78, 5) is 4.39. The fourth-order valence-electron chi connectivity index (χ4n) is 2.50. The first-order valence-electron chi connectivity index (χ1n) is 6.37. The van der Waals surface area contributed by atoms with E-state index in [-0.39, 0.29) is 5.82 Å². The normalized spacial score (nSPS) is 18.0. The summed E-state index contributed by atoms with van der Waals surface area (Å²) in [6.45, 7) is 2.16. The Morgan fingerprint density at radius 2 is 2.06 bits per heavy atom. The van der Waals surface area contributed by atoms with Crippen LogP contribution < -0.4 is 4.90 Å². The van der Waals surface area contributed by atoms with Crippen LogP contribution in [-0.4, -0.2) is 38.1 Å². The Kier molecular flexibility index (Phi) is 4.46. The van der Waals surface area contributed by atoms with Gasteiger partial charge in [0.05, 0.1) is 5.69 Å². The van der Waals surface area contributed by atoms with Crippen LogP contribution in [0.2, 0.25) is 0 Å². The fourth-order valence-corrected chi connectivity index (χ4v) is 2.66. The van der Waals surface area contributed by atoms with Gasteiger partial charge in [0.15, 0.2) is 0 Å². The number of alkyl halides is 1. The number of nitrogens with zero attached hydrogens (tertiary/aromatic N) is 2. The van der Waals surface area contributed by atoms with Gasteiger partial charge in [-0.05, 0) is 50.7 Å². The van der Waals surface area contributed by atoms with Crippen LogP contribution in [0.1, 0.15) is 18.4 Å². The van der Waals surface area contributed by atoms with Crippen molar-refractivity contribution in [1.29, 1.82) is 0 Å². The zero-order valence-electron chi connectivity index (χ0n) is 11.0. The second-order valence-electron chi connectivity index (χ2n) is 5.06. The molecule has 1 heterocycles. The van der Waals surface area contributed by atoms with Gasteiger partial charge in [-0.3, -0.25) is 0 Å². The molecule has 0 aromatic heterocycles. The first-order chi connectivity index (χ1) is 8.61. The van der Waals surface area contributed by atoms with Crippen molar-refractivity contribution in [1.82, 2.24) is 4.90 Å². The molecule has 2 rings (SSSR count). The molecule has 100 valence electrons. The summed E-state index contributed by atoms with van der Waals surface area (Å²) >= 11 is 5.71. The second-order valence-corrected chi connectivity index (χ2v) is 5.33. The number of hydrogen-bond donors (Lipinski definition) is 0. The van der Waals surface area contributed by atoms with Gasteiger partial charge >= 0.3 is 0 Å². The Morgan fingerprint density at radius 3 is 2.61 bits per heavy atom. The highest BCUT2D eigenvalue weighted by molar-refractivity contribution is 6.17. The first-order valence-corrected chi connectivity index (χ1v) is 6.91. The summed E-state index contributed by atoms with van der Waals surface area (Å²) in [5, 5.41) is 0. The van der Waals surface area contributed by atoms with E-state index in [9.17, 15) is 4.39 Å². The Morgan fingerprint density at radius 1 is 1.39 bits per heavy atom. The lowest BCUT2D eigenvalue weighted by atomic mass is 10.0. The van der Waals surface area contributed by atoms with Crippen LogP contribution in [-0.2, 0) is 5.88 Å². The largest absolute Gasteiger partial charge is 0.369 e. The Hall–Kier alpha value is -0.800. The summed E-state index contributed by atoms with van der Waals surface area (Å²) < 4.78 is 14.0. The van der Waals surface area contributed by atoms with E-state index >= 15 is 0 Å². The molecule has 1 fully saturated rings. The molecule has 0 unspecified atom stereocenters. The number of likely N-dealkylation sites (tertiary alicyclic amines) is 1. The van der Waals surface area contributed by atoms with E-state index in [4.69, 9.17) is 11.6 Å². The summed E-state index contributed by atoms with van der Waals surface area (Å²) in [6.07, 6.45) is 2.17. The van der Waals surface area contributed by atoms with Crippen LogP contribution in [0.5, 0.6) is 0 Å². The number of anilines is 1. The maximum atomic E-state index is 14.0. The molecule has 1 aliphatic rings. The topological polar surface area (TPSA) is 6.48 Å². The second kappa shape index (κ2) is 5.89. The molecule has 0 atom stereocenters. The molecule has 0 spiro atoms. The zero-order valence-corrected chi connectivity index (χ0v) is 11.8. The Bertz CT molecular complexity index is 403. The maximum absolute atomic E-state index is 14.0. The van der Waals surface area contributed by atoms with E-state index in [0.717, 1.165) is 31.5 Å². The van der Waals surface area contributed by atoms with Crippen molar-refractivity contribution in [2.45, 2.75) is 24.8 Å². The van der Waals surface area contributed by atoms with Crippen molar-refractivity contribution in [2.75, 3.05) is 32.1 Å². The van der Waals surface area contributed by atoms with Crippen LogP contribution >= 0.6 is 11.6 Å². The van der Waals surface area contributed by atoms with Gasteiger partial charge in [0.1, 0.15) is 5.82 Å². The molecule has 0 radical (unpaired) electrons. The summed E-state index contributed by atoms with van der Waals surface area (Å²) in [7, 11) is 4.11. The van der Waals surface area contributed by atoms with E-state index in [2.05, 4.69) is 16.8 Å². The maximum Gasteiger partial charge on any atom is 0.146 e. The number of halogens is 2. The van der Waals surface area contributed by atoms with Crippen molar-refractivity contribution < 1.29 is 4.39 Å². The molecule has 0 bridgehead atoms. The highest BCUT2D eigenvalue weighted by atomic mass is 35.5. The van der Waals surface area contributed by atoms with Crippen molar-refractivity contribution in [3.63, 3.8) is 0 Å². The third-order valence-electron chi connectivity index (χ3n) is 3.78. The van der Waals surface area contributed by atoms with Crippen molar-refractivity contribution >= 4 is 17.3 Å². The number of rotatable bonds is 3. The van der Waals surface area contributed by atoms with Gasteiger partial charge in [-0.25, -0.2) is 4.39 Å². The molecule has 0 amide bonds. The van der Waals surface area contributed by atoms with Gasteiger partial charge < -0.3 is 9.80 Å². The summed E-state index contributed by atoms with van der Waals surface area (Å²) in [5.41, 5.74) is 1.51. The van der Waals surface area contributed by atoms with Gasteiger partial charge in [0.25, 0.3) is 0 Å². The number of benzene rings is 1. The van der Waals surface area contributed by atoms with Gasteiger partial charge in [0, 0.05) is 19.0 Å². The first kappa shape index (κ1) is 13.6. The summed E-state index contributed by atoms with van der Waals surface area (Å²) in [6, 6.07) is 5.70. The molecule has 1 saturated heterocycles. The van der Waals surface area contributed by atoms with Crippen molar-refractivity contribution in [2.24, 2.45) is 0 Å². The monoisotopic (exact) mass is 270 g/mol. The molecule has 4 heteroatoms. The Balaban J connectivity index is 2.11. The average Bonchev–Trinajstić information content (AvgIpc) is 2.38. The quantitative estimate of drug-likeness (QED) is 0.779. The van der Waals surface area contributed by atoms with Crippen molar-refractivity contribution in [3.05, 3.63) is 29.6 Å². The lowest BCUT2D eigenvalue weighted by Crippen LogP contribution is -2.42. The predicted molar refractivity (Wildman–Crippen MR) is 74.9 cm³/mol. The molecule has 1 aromatic carbocycles. The smallest absolute Gasteiger partial charge is 0.146 e. The minimum Gasteiger partial charge on any atom is -0.369 e. The predicted octanol–water partition coefficient (Wildman–Crippen LogP) is 3.09. The van der Waals surface area contributed by atoms with E-state index < -0.39 is 0 Å². The number of hydrogen-bond acceptors (Lipinski definition) is 2. The molecular formula is C14H20ClFN2. The van der Waals surface area contributed by atoms with Crippen molar-refractivity contribution in [3.8, 4) is 0 Å². The van der Waals surface area contributed by atoms with Crippen LogP contribution in [0.3, 0.4) is 0 Å². The van der Waals surface area contributed by atoms with Gasteiger partial charge in [-0.2, -0.15) is 0 Å². The minimum absolute atomic E-state index is 0.172. The Labute approximate surface area is 113 Å². The SMILES string of the molecule is CN1CCC(N(C)c2ccc(CCl)cc2F)CC1. The minimum atomic E-state index is -0.172. The third-order valence-corrected chi connectivity index (χ3v) is 4.09. The molecule has 0 N–H and O–H groups in total. The summed E-state index contributed by atoms with van der Waals surface area (Å²) in [5.74, 6) is 0.185. The molecule has 0 aliphatic carbocycles. The van der Waals surface area contributed by atoms with Gasteiger partial charge in [-0.1, -0.05) is 6.07 Å². The standard InChI is InChI=1S/C14H20ClFN2/c1-17-7-5-12(6-8-17)18(2)14-4-3-11(10-15)9-13(14)16/h3-4,9,12H,5-8,10H2,1-2H3. The van der Waals surface area contributed by atoms with E-state index in [1.54, 1.807) is 0 Å². The van der Waals surface area contributed by atoms with Crippen LogP contribution in [0.4, 0.5) is 10.1 Å². The molecular weight excluding hydrogens is 251 g/mol. The lowest BCUT2D eigenvalue weighted by Gasteiger charge is -2.36. The van der Waals surface area contributed by atoms with E-state index in [0.29, 0.717) is 17.6 Å². The molecule has 1 aromatic rings. The fraction of sp³-hybridized carbons (Fsp3) is 0.571. The average molecular weight is 271 g/mol. The molecule has 18 heavy (non-hydrogen) atoms. The third kappa shape index (κ3) is 2.96. The lowest BCUT2D eigenvalue weighted by molar-refractivity contribution is 0.252. The molecule has 1 aliphatic heterocycles. The van der Waals surface area contributed by atoms with E-state index in [1.807, 2.05) is 19.2 Å². The van der Waals surface area contributed by atoms with Gasteiger partial charge in [-0.15, -0.1) is 11.6 Å². The number of piperidine rings is 1. The highest BCUT2D eigenvalue weighted by Gasteiger charge is 2.22.